The van der Waals surface area contributed by atoms with Crippen molar-refractivity contribution in [3.8, 4) is 29.1 Å². The third-order valence-electron chi connectivity index (χ3n) is 5.67. The highest BCUT2D eigenvalue weighted by atomic mass is 19.1. The molecule has 0 aliphatic carbocycles. The standard InChI is InChI=1S/C33H25FO6/c1-6-31(35)38-26-15-10-23(11-16-26)9-12-25-19-30(40-33(37)8-3)28(20-29(25)34)22(5)21(4)24-13-17-27(18-14-24)39-32(36)7-2/h6-8,10-11,13-20H,1-3H2,4-5H3/b22-21+. The molecule has 3 aromatic rings. The second-order valence-corrected chi connectivity index (χ2v) is 8.25. The summed E-state index contributed by atoms with van der Waals surface area (Å²) in [6.07, 6.45) is 3.13. The molecule has 0 saturated heterocycles. The molecule has 6 nitrogen and oxygen atoms in total. The van der Waals surface area contributed by atoms with E-state index < -0.39 is 23.7 Å². The van der Waals surface area contributed by atoms with Crippen molar-refractivity contribution in [2.24, 2.45) is 0 Å². The maximum atomic E-state index is 15.2. The van der Waals surface area contributed by atoms with E-state index in [1.165, 1.54) is 12.1 Å². The van der Waals surface area contributed by atoms with Crippen LogP contribution in [0.5, 0.6) is 17.2 Å². The van der Waals surface area contributed by atoms with Crippen LogP contribution >= 0.6 is 0 Å². The summed E-state index contributed by atoms with van der Waals surface area (Å²) in [7, 11) is 0. The van der Waals surface area contributed by atoms with Gasteiger partial charge >= 0.3 is 17.9 Å². The Hall–Kier alpha value is -5.48. The summed E-state index contributed by atoms with van der Waals surface area (Å²) in [5.41, 5.74) is 3.10. The summed E-state index contributed by atoms with van der Waals surface area (Å²) in [4.78, 5) is 34.8. The van der Waals surface area contributed by atoms with Gasteiger partial charge < -0.3 is 14.2 Å². The molecule has 0 atom stereocenters. The Labute approximate surface area is 231 Å². The highest BCUT2D eigenvalue weighted by Gasteiger charge is 2.16. The molecule has 3 rings (SSSR count). The summed E-state index contributed by atoms with van der Waals surface area (Å²) >= 11 is 0. The molecule has 0 bridgehead atoms. The van der Waals surface area contributed by atoms with Crippen molar-refractivity contribution >= 4 is 29.1 Å². The van der Waals surface area contributed by atoms with Crippen molar-refractivity contribution in [2.45, 2.75) is 13.8 Å². The first kappa shape index (κ1) is 29.1. The zero-order valence-electron chi connectivity index (χ0n) is 22.0. The Morgan fingerprint density at radius 2 is 1.20 bits per heavy atom. The van der Waals surface area contributed by atoms with Crippen LogP contribution in [-0.2, 0) is 14.4 Å². The average molecular weight is 537 g/mol. The van der Waals surface area contributed by atoms with Gasteiger partial charge in [0.1, 0.15) is 23.1 Å². The van der Waals surface area contributed by atoms with Gasteiger partial charge in [0.15, 0.2) is 0 Å². The molecule has 0 heterocycles. The quantitative estimate of drug-likeness (QED) is 0.108. The smallest absolute Gasteiger partial charge is 0.335 e. The number of carbonyl (C=O) groups excluding carboxylic acids is 3. The first-order valence-electron chi connectivity index (χ1n) is 11.9. The molecule has 0 fully saturated rings. The molecule has 3 aromatic carbocycles. The molecule has 0 amide bonds. The fourth-order valence-electron chi connectivity index (χ4n) is 3.43. The van der Waals surface area contributed by atoms with Gasteiger partial charge in [-0.2, -0.15) is 0 Å². The Bertz CT molecular complexity index is 1580. The van der Waals surface area contributed by atoms with E-state index in [0.29, 0.717) is 28.2 Å². The number of halogens is 1. The van der Waals surface area contributed by atoms with Crippen molar-refractivity contribution in [2.75, 3.05) is 0 Å². The molecule has 0 aliphatic heterocycles. The molecule has 40 heavy (non-hydrogen) atoms. The van der Waals surface area contributed by atoms with Crippen LogP contribution in [0.15, 0.2) is 98.6 Å². The lowest BCUT2D eigenvalue weighted by Gasteiger charge is -2.14. The van der Waals surface area contributed by atoms with Crippen LogP contribution in [0.1, 0.15) is 36.1 Å². The van der Waals surface area contributed by atoms with Gasteiger partial charge in [-0.15, -0.1) is 0 Å². The molecule has 0 radical (unpaired) electrons. The maximum Gasteiger partial charge on any atom is 0.335 e. The van der Waals surface area contributed by atoms with E-state index in [1.807, 2.05) is 6.92 Å². The molecular formula is C33H25FO6. The summed E-state index contributed by atoms with van der Waals surface area (Å²) in [6, 6.07) is 15.7. The lowest BCUT2D eigenvalue weighted by Crippen LogP contribution is -2.06. The van der Waals surface area contributed by atoms with Crippen LogP contribution in [0, 0.1) is 17.7 Å². The topological polar surface area (TPSA) is 78.9 Å². The predicted molar refractivity (Wildman–Crippen MR) is 151 cm³/mol. The van der Waals surface area contributed by atoms with Gasteiger partial charge in [-0.3, -0.25) is 0 Å². The van der Waals surface area contributed by atoms with Crippen molar-refractivity contribution in [1.29, 1.82) is 0 Å². The normalized spacial score (nSPS) is 10.7. The molecule has 0 aliphatic rings. The fourth-order valence-corrected chi connectivity index (χ4v) is 3.43. The number of esters is 3. The van der Waals surface area contributed by atoms with Gasteiger partial charge in [-0.1, -0.05) is 43.7 Å². The Morgan fingerprint density at radius 1 is 0.700 bits per heavy atom. The number of hydrogen-bond acceptors (Lipinski definition) is 6. The molecule has 200 valence electrons. The van der Waals surface area contributed by atoms with Crippen LogP contribution in [0.2, 0.25) is 0 Å². The summed E-state index contributed by atoms with van der Waals surface area (Å²) in [5.74, 6) is 3.88. The van der Waals surface area contributed by atoms with E-state index >= 15 is 4.39 Å². The third kappa shape index (κ3) is 7.53. The summed E-state index contributed by atoms with van der Waals surface area (Å²) < 4.78 is 30.8. The SMILES string of the molecule is C=CC(=O)Oc1ccc(C#Cc2cc(OC(=O)C=C)c(/C(C)=C(\C)c3ccc(OC(=O)C=C)cc3)cc2F)cc1. The highest BCUT2D eigenvalue weighted by molar-refractivity contribution is 5.92. The number of rotatable bonds is 8. The van der Waals surface area contributed by atoms with Crippen molar-refractivity contribution in [3.63, 3.8) is 0 Å². The van der Waals surface area contributed by atoms with E-state index in [-0.39, 0.29) is 11.3 Å². The molecular weight excluding hydrogens is 511 g/mol. The predicted octanol–water partition coefficient (Wildman–Crippen LogP) is 6.45. The molecule has 0 unspecified atom stereocenters. The molecule has 7 heteroatoms. The number of hydrogen-bond donors (Lipinski definition) is 0. The molecule has 0 spiro atoms. The number of allylic oxidation sites excluding steroid dienone is 2. The van der Waals surface area contributed by atoms with E-state index in [1.54, 1.807) is 55.5 Å². The first-order valence-corrected chi connectivity index (χ1v) is 11.9. The monoisotopic (exact) mass is 536 g/mol. The van der Waals surface area contributed by atoms with Gasteiger partial charge in [0, 0.05) is 35.4 Å². The third-order valence-corrected chi connectivity index (χ3v) is 5.67. The van der Waals surface area contributed by atoms with Crippen molar-refractivity contribution in [1.82, 2.24) is 0 Å². The first-order chi connectivity index (χ1) is 19.1. The largest absolute Gasteiger partial charge is 0.423 e. The molecule has 0 aromatic heterocycles. The molecule has 0 N–H and O–H groups in total. The van der Waals surface area contributed by atoms with E-state index in [0.717, 1.165) is 29.4 Å². The van der Waals surface area contributed by atoms with Gasteiger partial charge in [-0.25, -0.2) is 18.8 Å². The van der Waals surface area contributed by atoms with Crippen molar-refractivity contribution < 1.29 is 33.0 Å². The highest BCUT2D eigenvalue weighted by Crippen LogP contribution is 2.34. The second kappa shape index (κ2) is 13.4. The van der Waals surface area contributed by atoms with Crippen LogP contribution in [0.4, 0.5) is 4.39 Å². The minimum Gasteiger partial charge on any atom is -0.423 e. The zero-order chi connectivity index (χ0) is 29.2. The number of benzene rings is 3. The Morgan fingerprint density at radius 3 is 1.73 bits per heavy atom. The minimum atomic E-state index is -0.713. The molecule has 0 saturated carbocycles. The Kier molecular flexibility index (Phi) is 9.71. The van der Waals surface area contributed by atoms with Gasteiger partial charge in [-0.05, 0) is 73.0 Å². The number of carbonyl (C=O) groups is 3. The van der Waals surface area contributed by atoms with Crippen LogP contribution in [-0.4, -0.2) is 17.9 Å². The minimum absolute atomic E-state index is 0.0108. The Balaban J connectivity index is 1.97. The number of ether oxygens (including phenoxy) is 3. The lowest BCUT2D eigenvalue weighted by molar-refractivity contribution is -0.129. The van der Waals surface area contributed by atoms with Gasteiger partial charge in [0.25, 0.3) is 0 Å². The van der Waals surface area contributed by atoms with E-state index in [9.17, 15) is 14.4 Å². The van der Waals surface area contributed by atoms with Crippen LogP contribution in [0.3, 0.4) is 0 Å². The average Bonchev–Trinajstić information content (AvgIpc) is 2.97. The lowest BCUT2D eigenvalue weighted by atomic mass is 9.95. The van der Waals surface area contributed by atoms with Gasteiger partial charge in [0.2, 0.25) is 0 Å². The summed E-state index contributed by atoms with van der Waals surface area (Å²) in [6.45, 7) is 13.7. The van der Waals surface area contributed by atoms with Crippen molar-refractivity contribution in [3.05, 3.63) is 127 Å². The van der Waals surface area contributed by atoms with E-state index in [2.05, 4.69) is 31.6 Å². The fraction of sp³-hybridized carbons (Fsp3) is 0.0606. The van der Waals surface area contributed by atoms with Gasteiger partial charge in [0.05, 0.1) is 5.56 Å². The zero-order valence-corrected chi connectivity index (χ0v) is 22.0. The van der Waals surface area contributed by atoms with Crippen LogP contribution < -0.4 is 14.2 Å². The summed E-state index contributed by atoms with van der Waals surface area (Å²) in [5, 5.41) is 0. The van der Waals surface area contributed by atoms with Crippen LogP contribution in [0.25, 0.3) is 11.1 Å². The maximum absolute atomic E-state index is 15.2. The second-order valence-electron chi connectivity index (χ2n) is 8.25. The van der Waals surface area contributed by atoms with E-state index in [4.69, 9.17) is 14.2 Å².